The average molecular weight is 288 g/mol. The molecule has 4 heteroatoms. The third kappa shape index (κ3) is 54.5. The van der Waals surface area contributed by atoms with Gasteiger partial charge in [0.2, 0.25) is 0 Å². The molecule has 0 bridgehead atoms. The van der Waals surface area contributed by atoms with E-state index in [0.717, 1.165) is 0 Å². The summed E-state index contributed by atoms with van der Waals surface area (Å²) >= 11 is 0. The zero-order chi connectivity index (χ0) is 16.5. The third-order valence-electron chi connectivity index (χ3n) is 1.80. The molecule has 1 saturated carbocycles. The van der Waals surface area contributed by atoms with Gasteiger partial charge in [-0.15, -0.1) is 0 Å². The molecule has 0 aromatic rings. The van der Waals surface area contributed by atoms with Gasteiger partial charge in [0.1, 0.15) is 0 Å². The summed E-state index contributed by atoms with van der Waals surface area (Å²) in [4.78, 5) is 6.66. The first-order valence-corrected chi connectivity index (χ1v) is 7.27. The van der Waals surface area contributed by atoms with Crippen molar-refractivity contribution in [3.63, 3.8) is 0 Å². The van der Waals surface area contributed by atoms with Crippen LogP contribution in [0.2, 0.25) is 0 Å². The van der Waals surface area contributed by atoms with E-state index in [0.29, 0.717) is 0 Å². The van der Waals surface area contributed by atoms with E-state index >= 15 is 0 Å². The lowest BCUT2D eigenvalue weighted by atomic mass is 10.0. The molecule has 0 amide bonds. The van der Waals surface area contributed by atoms with Gasteiger partial charge in [-0.2, -0.15) is 10.5 Å². The molecule has 0 aliphatic heterocycles. The van der Waals surface area contributed by atoms with Gasteiger partial charge in [-0.3, -0.25) is 9.78 Å². The third-order valence-corrected chi connectivity index (χ3v) is 1.80. The normalized spacial score (nSPS) is 10.0. The van der Waals surface area contributed by atoms with Crippen molar-refractivity contribution in [1.82, 2.24) is 0 Å². The average Bonchev–Trinajstić information content (AvgIpc) is 2.56. The molecule has 20 heavy (non-hydrogen) atoms. The predicted octanol–water partition coefficient (Wildman–Crippen LogP) is 5.31. The number of hydrogen-bond donors (Lipinski definition) is 2. The molecule has 0 heterocycles. The minimum atomic E-state index is 1.50. The first kappa shape index (κ1) is 27.1. The summed E-state index contributed by atoms with van der Waals surface area (Å²) in [7, 11) is 0. The second-order valence-electron chi connectivity index (χ2n) is 3.01. The highest BCUT2D eigenvalue weighted by Gasteiger charge is 1.95. The molecule has 0 aromatic carbocycles. The van der Waals surface area contributed by atoms with Crippen molar-refractivity contribution in [2.45, 2.75) is 80.1 Å². The van der Waals surface area contributed by atoms with Crippen LogP contribution in [0.3, 0.4) is 0 Å². The van der Waals surface area contributed by atoms with Gasteiger partial charge >= 0.3 is 0 Å². The first-order valence-electron chi connectivity index (χ1n) is 7.27. The van der Waals surface area contributed by atoms with Crippen molar-refractivity contribution in [3.05, 3.63) is 0 Å². The van der Waals surface area contributed by atoms with Crippen LogP contribution < -0.4 is 0 Å². The zero-order valence-corrected chi connectivity index (χ0v) is 14.0. The van der Waals surface area contributed by atoms with Crippen LogP contribution in [-0.2, 0) is 9.78 Å². The number of rotatable bonds is 0. The Labute approximate surface area is 125 Å². The molecular weight excluding hydrogens is 256 g/mol. The van der Waals surface area contributed by atoms with Crippen LogP contribution in [0.25, 0.3) is 0 Å². The molecule has 1 fully saturated rings. The summed E-state index contributed by atoms with van der Waals surface area (Å²) in [5, 5.41) is 14.8. The van der Waals surface area contributed by atoms with Crippen LogP contribution in [-0.4, -0.2) is 10.5 Å². The van der Waals surface area contributed by atoms with Gasteiger partial charge in [-0.05, 0) is 0 Å². The quantitative estimate of drug-likeness (QED) is 0.360. The molecule has 4 nitrogen and oxygen atoms in total. The van der Waals surface area contributed by atoms with Crippen LogP contribution in [0.15, 0.2) is 0 Å². The maximum Gasteiger partial charge on any atom is 0.156 e. The molecule has 1 rings (SSSR count). The van der Waals surface area contributed by atoms with E-state index in [9.17, 15) is 0 Å². The van der Waals surface area contributed by atoms with E-state index in [1.807, 2.05) is 39.9 Å². The predicted molar refractivity (Wildman–Crippen MR) is 84.7 cm³/mol. The molecule has 1 aliphatic carbocycles. The highest BCUT2D eigenvalue weighted by molar-refractivity contribution is 4.83. The maximum absolute atomic E-state index is 7.39. The van der Waals surface area contributed by atoms with E-state index in [-0.39, 0.29) is 0 Å². The fourth-order valence-electron chi connectivity index (χ4n) is 1.15. The molecule has 0 spiro atoms. The summed E-state index contributed by atoms with van der Waals surface area (Å²) in [6.07, 6.45) is 12.8. The Morgan fingerprint density at radius 1 is 0.600 bits per heavy atom. The SMILES string of the molecule is C1CCCCC1.CC.CC.CC#COO.CC#COO. The Morgan fingerprint density at radius 2 is 0.800 bits per heavy atom. The summed E-state index contributed by atoms with van der Waals surface area (Å²) in [6, 6.07) is 0. The standard InChI is InChI=1S/C6H12.2C3H4O2.2C2H6/c1-2-4-6-5-3-1;2*1-2-3-5-4;2*1-2/h1-6H2;2*4H,1H3;2*1-2H3. The molecular formula is C16H32O4. The highest BCUT2D eigenvalue weighted by atomic mass is 17.1. The summed E-state index contributed by atoms with van der Waals surface area (Å²) < 4.78 is 0. The number of hydrogen-bond acceptors (Lipinski definition) is 4. The minimum absolute atomic E-state index is 1.50. The lowest BCUT2D eigenvalue weighted by Crippen LogP contribution is -1.85. The van der Waals surface area contributed by atoms with Gasteiger partial charge in [0, 0.05) is 13.8 Å². The van der Waals surface area contributed by atoms with Crippen LogP contribution in [0, 0.1) is 24.1 Å². The van der Waals surface area contributed by atoms with E-state index in [1.54, 1.807) is 13.8 Å². The van der Waals surface area contributed by atoms with Crippen molar-refractivity contribution >= 4 is 0 Å². The Kier molecular flexibility index (Phi) is 58.4. The van der Waals surface area contributed by atoms with E-state index in [2.05, 4.69) is 21.6 Å². The van der Waals surface area contributed by atoms with Crippen molar-refractivity contribution in [1.29, 1.82) is 0 Å². The van der Waals surface area contributed by atoms with Crippen LogP contribution in [0.4, 0.5) is 0 Å². The molecule has 0 saturated heterocycles. The monoisotopic (exact) mass is 288 g/mol. The summed E-state index contributed by atoms with van der Waals surface area (Å²) in [6.45, 7) is 11.1. The van der Waals surface area contributed by atoms with E-state index in [4.69, 9.17) is 10.5 Å². The van der Waals surface area contributed by atoms with Gasteiger partial charge in [0.05, 0.1) is 0 Å². The van der Waals surface area contributed by atoms with E-state index in [1.165, 1.54) is 38.5 Å². The van der Waals surface area contributed by atoms with Gasteiger partial charge in [0.15, 0.2) is 12.2 Å². The van der Waals surface area contributed by atoms with Crippen LogP contribution >= 0.6 is 0 Å². The molecule has 0 unspecified atom stereocenters. The molecule has 120 valence electrons. The smallest absolute Gasteiger partial charge is 0.156 e. The van der Waals surface area contributed by atoms with Crippen LogP contribution in [0.5, 0.6) is 0 Å². The largest absolute Gasteiger partial charge is 0.285 e. The lowest BCUT2D eigenvalue weighted by Gasteiger charge is -2.05. The molecule has 0 aromatic heterocycles. The maximum atomic E-state index is 7.39. The van der Waals surface area contributed by atoms with Gasteiger partial charge in [-0.1, -0.05) is 78.1 Å². The zero-order valence-electron chi connectivity index (χ0n) is 14.0. The van der Waals surface area contributed by atoms with Gasteiger partial charge in [-0.25, -0.2) is 0 Å². The van der Waals surface area contributed by atoms with E-state index < -0.39 is 0 Å². The fourth-order valence-corrected chi connectivity index (χ4v) is 1.15. The van der Waals surface area contributed by atoms with Crippen molar-refractivity contribution in [3.8, 4) is 24.1 Å². The second kappa shape index (κ2) is 43.1. The van der Waals surface area contributed by atoms with Crippen molar-refractivity contribution in [2.24, 2.45) is 0 Å². The van der Waals surface area contributed by atoms with Crippen LogP contribution in [0.1, 0.15) is 80.1 Å². The Morgan fingerprint density at radius 3 is 0.850 bits per heavy atom. The molecule has 0 atom stereocenters. The first-order chi connectivity index (χ1) is 9.83. The molecule has 1 aliphatic rings. The second-order valence-corrected chi connectivity index (χ2v) is 3.01. The molecule has 0 radical (unpaired) electrons. The van der Waals surface area contributed by atoms with Crippen molar-refractivity contribution in [2.75, 3.05) is 0 Å². The summed E-state index contributed by atoms with van der Waals surface area (Å²) in [5.74, 6) is 4.59. The Bertz CT molecular complexity index is 195. The lowest BCUT2D eigenvalue weighted by molar-refractivity contribution is -0.171. The minimum Gasteiger partial charge on any atom is -0.285 e. The fraction of sp³-hybridized carbons (Fsp3) is 0.750. The van der Waals surface area contributed by atoms with Gasteiger partial charge < -0.3 is 0 Å². The summed E-state index contributed by atoms with van der Waals surface area (Å²) in [5.41, 5.74) is 0. The Balaban J connectivity index is -0.0000000858. The topological polar surface area (TPSA) is 58.9 Å². The van der Waals surface area contributed by atoms with Crippen molar-refractivity contribution < 1.29 is 20.3 Å². The highest BCUT2D eigenvalue weighted by Crippen LogP contribution is 2.15. The molecule has 2 N–H and O–H groups in total. The Hall–Kier alpha value is -1.36. The van der Waals surface area contributed by atoms with Gasteiger partial charge in [0.25, 0.3) is 0 Å².